The number of hydrogen-bond donors (Lipinski definition) is 3. The number of nitrogens with zero attached hydrogens (tertiary/aromatic N) is 2. The van der Waals surface area contributed by atoms with Crippen LogP contribution in [-0.4, -0.2) is 26.8 Å². The van der Waals surface area contributed by atoms with Crippen LogP contribution in [0.5, 0.6) is 5.88 Å². The fraction of sp³-hybridized carbons (Fsp3) is 0.0952. The first-order chi connectivity index (χ1) is 14.5. The van der Waals surface area contributed by atoms with E-state index in [1.807, 2.05) is 30.3 Å². The van der Waals surface area contributed by atoms with Crippen LogP contribution >= 0.6 is 0 Å². The van der Waals surface area contributed by atoms with E-state index in [0.29, 0.717) is 11.1 Å². The van der Waals surface area contributed by atoms with Gasteiger partial charge in [0, 0.05) is 28.6 Å². The van der Waals surface area contributed by atoms with Crippen LogP contribution in [-0.2, 0) is 16.9 Å². The number of aromatic nitrogens is 2. The number of rotatable bonds is 4. The van der Waals surface area contributed by atoms with Gasteiger partial charge in [0.05, 0.1) is 6.54 Å². The molecular formula is C21H15FN4O4. The Balaban J connectivity index is 1.60. The van der Waals surface area contributed by atoms with E-state index in [-0.39, 0.29) is 23.6 Å². The van der Waals surface area contributed by atoms with Crippen LogP contribution in [0.25, 0.3) is 22.0 Å². The number of fused-ring (bicyclic) bond motifs is 1. The number of nitrogens with one attached hydrogen (secondary N) is 2. The highest BCUT2D eigenvalue weighted by molar-refractivity contribution is 6.07. The van der Waals surface area contributed by atoms with E-state index in [4.69, 9.17) is 4.52 Å². The van der Waals surface area contributed by atoms with Gasteiger partial charge in [-0.2, -0.15) is 0 Å². The van der Waals surface area contributed by atoms with Gasteiger partial charge in [0.1, 0.15) is 11.5 Å². The minimum absolute atomic E-state index is 0.105. The van der Waals surface area contributed by atoms with Crippen LogP contribution in [0.15, 0.2) is 65.3 Å². The van der Waals surface area contributed by atoms with E-state index in [1.54, 1.807) is 12.3 Å². The Kier molecular flexibility index (Phi) is 3.85. The molecule has 1 saturated heterocycles. The zero-order chi connectivity index (χ0) is 20.9. The fourth-order valence-corrected chi connectivity index (χ4v) is 3.67. The van der Waals surface area contributed by atoms with Gasteiger partial charge in [-0.3, -0.25) is 10.1 Å². The van der Waals surface area contributed by atoms with Gasteiger partial charge >= 0.3 is 6.03 Å². The van der Waals surface area contributed by atoms with Crippen molar-refractivity contribution in [3.63, 3.8) is 0 Å². The van der Waals surface area contributed by atoms with Crippen molar-refractivity contribution in [1.29, 1.82) is 0 Å². The van der Waals surface area contributed by atoms with E-state index in [1.165, 1.54) is 22.8 Å². The van der Waals surface area contributed by atoms with Crippen molar-refractivity contribution in [2.24, 2.45) is 0 Å². The molecule has 3 heterocycles. The Morgan fingerprint density at radius 2 is 1.93 bits per heavy atom. The molecule has 1 atom stereocenters. The zero-order valence-electron chi connectivity index (χ0n) is 15.4. The Hall–Kier alpha value is -4.14. The molecule has 150 valence electrons. The third-order valence-electron chi connectivity index (χ3n) is 5.17. The lowest BCUT2D eigenvalue weighted by molar-refractivity contribution is -0.125. The molecule has 1 aliphatic rings. The summed E-state index contributed by atoms with van der Waals surface area (Å²) in [5.74, 6) is -1.28. The molecule has 3 amide bonds. The molecule has 4 aromatic rings. The smallest absolute Gasteiger partial charge is 0.322 e. The number of hydrogen-bond acceptors (Lipinski definition) is 5. The van der Waals surface area contributed by atoms with Crippen LogP contribution in [0, 0.1) is 5.82 Å². The summed E-state index contributed by atoms with van der Waals surface area (Å²) >= 11 is 0. The first-order valence-corrected chi connectivity index (χ1v) is 9.10. The van der Waals surface area contributed by atoms with Crippen molar-refractivity contribution in [2.75, 3.05) is 0 Å². The molecule has 30 heavy (non-hydrogen) atoms. The number of urea groups is 1. The van der Waals surface area contributed by atoms with E-state index in [0.717, 1.165) is 5.56 Å². The largest absolute Gasteiger partial charge is 0.494 e. The summed E-state index contributed by atoms with van der Waals surface area (Å²) in [6.07, 6.45) is 1.57. The molecule has 1 fully saturated rings. The monoisotopic (exact) mass is 406 g/mol. The molecule has 5 rings (SSSR count). The van der Waals surface area contributed by atoms with Gasteiger partial charge < -0.3 is 19.5 Å². The van der Waals surface area contributed by atoms with Crippen LogP contribution < -0.4 is 10.6 Å². The summed E-state index contributed by atoms with van der Waals surface area (Å²) in [5.41, 5.74) is -0.373. The summed E-state index contributed by atoms with van der Waals surface area (Å²) in [5, 5.41) is 20.3. The Morgan fingerprint density at radius 1 is 1.13 bits per heavy atom. The van der Waals surface area contributed by atoms with Crippen molar-refractivity contribution in [3.05, 3.63) is 72.4 Å². The highest BCUT2D eigenvalue weighted by Crippen LogP contribution is 2.35. The highest BCUT2D eigenvalue weighted by atomic mass is 19.1. The number of benzene rings is 2. The molecule has 2 aromatic carbocycles. The lowest BCUT2D eigenvalue weighted by atomic mass is 9.95. The first kappa shape index (κ1) is 17.9. The third kappa shape index (κ3) is 2.71. The molecule has 0 aliphatic carbocycles. The third-order valence-corrected chi connectivity index (χ3v) is 5.17. The first-order valence-electron chi connectivity index (χ1n) is 9.10. The van der Waals surface area contributed by atoms with Crippen LogP contribution in [0.3, 0.4) is 0 Å². The Bertz CT molecular complexity index is 1300. The summed E-state index contributed by atoms with van der Waals surface area (Å²) in [6, 6.07) is 14.1. The maximum atomic E-state index is 13.6. The topological polar surface area (TPSA) is 109 Å². The SMILES string of the molecule is O=C1NC(=O)[C@](Cn2cc3ccc(F)cc3c2O)(c2cc(-c3ccccc3)no2)N1. The van der Waals surface area contributed by atoms with Gasteiger partial charge in [-0.05, 0) is 18.2 Å². The standard InChI is InChI=1S/C21H15FN4O4/c22-14-7-6-13-10-26(18(27)15(13)8-14)11-21(19(28)23-20(29)24-21)17-9-16(25-30-17)12-4-2-1-3-5-12/h1-10,27H,11H2,(H2,23,24,28,29)/t21-/m0/s1. The Morgan fingerprint density at radius 3 is 2.67 bits per heavy atom. The molecular weight excluding hydrogens is 391 g/mol. The van der Waals surface area contributed by atoms with Crippen molar-refractivity contribution in [3.8, 4) is 17.1 Å². The Labute approximate surface area is 168 Å². The van der Waals surface area contributed by atoms with Crippen LogP contribution in [0.4, 0.5) is 9.18 Å². The second-order valence-corrected chi connectivity index (χ2v) is 7.07. The highest BCUT2D eigenvalue weighted by Gasteiger charge is 2.51. The fourth-order valence-electron chi connectivity index (χ4n) is 3.67. The summed E-state index contributed by atoms with van der Waals surface area (Å²) in [6.45, 7) is -0.184. The van der Waals surface area contributed by atoms with E-state index < -0.39 is 23.3 Å². The van der Waals surface area contributed by atoms with Gasteiger partial charge in [0.25, 0.3) is 5.91 Å². The average Bonchev–Trinajstić information content (AvgIpc) is 3.41. The normalized spacial score (nSPS) is 18.6. The predicted octanol–water partition coefficient (Wildman–Crippen LogP) is 2.88. The molecule has 0 spiro atoms. The van der Waals surface area contributed by atoms with E-state index in [2.05, 4.69) is 15.8 Å². The molecule has 3 N–H and O–H groups in total. The van der Waals surface area contributed by atoms with Crippen LogP contribution in [0.1, 0.15) is 5.76 Å². The van der Waals surface area contributed by atoms with Crippen molar-refractivity contribution < 1.29 is 23.6 Å². The minimum atomic E-state index is -1.64. The number of carbonyl (C=O) groups is 2. The second kappa shape index (κ2) is 6.45. The lowest BCUT2D eigenvalue weighted by Gasteiger charge is -2.23. The molecule has 8 nitrogen and oxygen atoms in total. The van der Waals surface area contributed by atoms with E-state index in [9.17, 15) is 19.1 Å². The second-order valence-electron chi connectivity index (χ2n) is 7.07. The van der Waals surface area contributed by atoms with Gasteiger partial charge in [-0.25, -0.2) is 9.18 Å². The maximum absolute atomic E-state index is 13.6. The quantitative estimate of drug-likeness (QED) is 0.452. The average molecular weight is 406 g/mol. The van der Waals surface area contributed by atoms with Crippen molar-refractivity contribution in [1.82, 2.24) is 20.4 Å². The van der Waals surface area contributed by atoms with Gasteiger partial charge in [0.2, 0.25) is 0 Å². The summed E-state index contributed by atoms with van der Waals surface area (Å²) in [7, 11) is 0. The van der Waals surface area contributed by atoms with Crippen molar-refractivity contribution in [2.45, 2.75) is 12.1 Å². The molecule has 0 unspecified atom stereocenters. The minimum Gasteiger partial charge on any atom is -0.494 e. The number of carbonyl (C=O) groups excluding carboxylic acids is 2. The van der Waals surface area contributed by atoms with E-state index >= 15 is 0 Å². The number of aromatic hydroxyl groups is 1. The van der Waals surface area contributed by atoms with Crippen molar-refractivity contribution >= 4 is 22.7 Å². The molecule has 0 saturated carbocycles. The molecule has 1 aliphatic heterocycles. The predicted molar refractivity (Wildman–Crippen MR) is 104 cm³/mol. The lowest BCUT2D eigenvalue weighted by Crippen LogP contribution is -2.47. The molecule has 2 aromatic heterocycles. The van der Waals surface area contributed by atoms with Gasteiger partial charge in [-0.15, -0.1) is 0 Å². The van der Waals surface area contributed by atoms with Gasteiger partial charge in [-0.1, -0.05) is 35.5 Å². The number of imide groups is 1. The zero-order valence-corrected chi connectivity index (χ0v) is 15.4. The van der Waals surface area contributed by atoms with Crippen LogP contribution in [0.2, 0.25) is 0 Å². The molecule has 9 heteroatoms. The van der Waals surface area contributed by atoms with Gasteiger partial charge in [0.15, 0.2) is 17.2 Å². The number of amides is 3. The maximum Gasteiger partial charge on any atom is 0.322 e. The number of halogens is 1. The molecule has 0 bridgehead atoms. The summed E-state index contributed by atoms with van der Waals surface area (Å²) < 4.78 is 20.4. The molecule has 0 radical (unpaired) electrons. The summed E-state index contributed by atoms with van der Waals surface area (Å²) in [4.78, 5) is 24.8.